The molecule has 2 aliphatic rings. The van der Waals surface area contributed by atoms with Crippen LogP contribution < -0.4 is 20.4 Å². The lowest BCUT2D eigenvalue weighted by Gasteiger charge is -2.20. The van der Waals surface area contributed by atoms with Crippen LogP contribution >= 0.6 is 0 Å². The molecule has 0 spiro atoms. The number of benzene rings is 4. The summed E-state index contributed by atoms with van der Waals surface area (Å²) in [6, 6.07) is 31.3. The van der Waals surface area contributed by atoms with E-state index in [4.69, 9.17) is 0 Å². The van der Waals surface area contributed by atoms with E-state index < -0.39 is 0 Å². The van der Waals surface area contributed by atoms with Crippen molar-refractivity contribution in [2.75, 3.05) is 33.8 Å². The molecule has 0 bridgehead atoms. The van der Waals surface area contributed by atoms with Gasteiger partial charge in [0.05, 0.1) is 35.9 Å². The summed E-state index contributed by atoms with van der Waals surface area (Å²) < 4.78 is 0. The number of fused-ring (bicyclic) bond motifs is 2. The molecule has 2 heterocycles. The molecule has 0 fully saturated rings. The van der Waals surface area contributed by atoms with Gasteiger partial charge in [0.1, 0.15) is 0 Å². The van der Waals surface area contributed by atoms with E-state index in [1.165, 1.54) is 0 Å². The van der Waals surface area contributed by atoms with Crippen LogP contribution in [0.1, 0.15) is 22.3 Å². The van der Waals surface area contributed by atoms with E-state index in [2.05, 4.69) is 10.6 Å². The largest absolute Gasteiger partial charge is 0.367 e. The SMILES string of the molecule is Cc1ccccc1NCN1C(=O)/C(=C2/C(=O)N(CNc3ccccc3C)c3ccccc32)c2ccccc21. The molecule has 2 aliphatic heterocycles. The summed E-state index contributed by atoms with van der Waals surface area (Å²) >= 11 is 0. The third-order valence-corrected chi connectivity index (χ3v) is 7.24. The van der Waals surface area contributed by atoms with Crippen molar-refractivity contribution in [3.05, 3.63) is 119 Å². The molecule has 2 N–H and O–H groups in total. The molecule has 38 heavy (non-hydrogen) atoms. The van der Waals surface area contributed by atoms with Crippen LogP contribution in [0.2, 0.25) is 0 Å². The van der Waals surface area contributed by atoms with E-state index in [0.29, 0.717) is 24.5 Å². The maximum atomic E-state index is 14.0. The number of carbonyl (C=O) groups is 2. The molecule has 0 saturated carbocycles. The van der Waals surface area contributed by atoms with Crippen LogP contribution in [0, 0.1) is 13.8 Å². The highest BCUT2D eigenvalue weighted by Crippen LogP contribution is 2.46. The molecule has 0 aromatic heterocycles. The topological polar surface area (TPSA) is 64.7 Å². The van der Waals surface area contributed by atoms with Gasteiger partial charge in [-0.15, -0.1) is 0 Å². The molecule has 188 valence electrons. The fourth-order valence-corrected chi connectivity index (χ4v) is 5.23. The number of hydrogen-bond acceptors (Lipinski definition) is 4. The zero-order valence-electron chi connectivity index (χ0n) is 21.4. The number of nitrogens with zero attached hydrogens (tertiary/aromatic N) is 2. The second kappa shape index (κ2) is 9.56. The van der Waals surface area contributed by atoms with Crippen LogP contribution in [-0.2, 0) is 9.59 Å². The molecule has 6 rings (SSSR count). The van der Waals surface area contributed by atoms with E-state index in [0.717, 1.165) is 45.0 Å². The minimum absolute atomic E-state index is 0.181. The predicted molar refractivity (Wildman–Crippen MR) is 154 cm³/mol. The maximum Gasteiger partial charge on any atom is 0.261 e. The number of nitrogens with one attached hydrogen (secondary N) is 2. The van der Waals surface area contributed by atoms with Crippen LogP contribution in [0.3, 0.4) is 0 Å². The highest BCUT2D eigenvalue weighted by atomic mass is 16.2. The first-order valence-corrected chi connectivity index (χ1v) is 12.7. The number of aryl methyl sites for hydroxylation is 2. The molecule has 4 aromatic rings. The van der Waals surface area contributed by atoms with Gasteiger partial charge in [0.15, 0.2) is 0 Å². The van der Waals surface area contributed by atoms with Crippen LogP contribution in [0.25, 0.3) is 11.1 Å². The van der Waals surface area contributed by atoms with Gasteiger partial charge in [0.2, 0.25) is 0 Å². The Bertz CT molecular complexity index is 1490. The van der Waals surface area contributed by atoms with Gasteiger partial charge < -0.3 is 10.6 Å². The minimum Gasteiger partial charge on any atom is -0.367 e. The third-order valence-electron chi connectivity index (χ3n) is 7.24. The molecule has 0 saturated heterocycles. The molecule has 0 atom stereocenters. The molecular formula is C32H28N4O2. The van der Waals surface area contributed by atoms with E-state index in [1.54, 1.807) is 9.80 Å². The van der Waals surface area contributed by atoms with E-state index in [-0.39, 0.29) is 11.8 Å². The third kappa shape index (κ3) is 3.91. The first-order valence-electron chi connectivity index (χ1n) is 12.7. The summed E-state index contributed by atoms with van der Waals surface area (Å²) in [5.41, 5.74) is 8.17. The van der Waals surface area contributed by atoms with Crippen LogP contribution in [-0.4, -0.2) is 25.2 Å². The number of hydrogen-bond donors (Lipinski definition) is 2. The summed E-state index contributed by atoms with van der Waals surface area (Å²) in [6.45, 7) is 4.66. The second-order valence-electron chi connectivity index (χ2n) is 9.55. The number of carbonyl (C=O) groups excluding carboxylic acids is 2. The maximum absolute atomic E-state index is 14.0. The summed E-state index contributed by atoms with van der Waals surface area (Å²) in [6.07, 6.45) is 0. The molecule has 0 radical (unpaired) electrons. The van der Waals surface area contributed by atoms with Gasteiger partial charge in [0.25, 0.3) is 11.8 Å². The Morgan fingerprint density at radius 2 is 0.895 bits per heavy atom. The average molecular weight is 501 g/mol. The van der Waals surface area contributed by atoms with Gasteiger partial charge in [-0.2, -0.15) is 0 Å². The zero-order chi connectivity index (χ0) is 26.2. The summed E-state index contributed by atoms with van der Waals surface area (Å²) in [5.74, 6) is -0.363. The Kier molecular flexibility index (Phi) is 5.92. The standard InChI is InChI=1S/C32H28N4O2/c1-21-11-3-7-15-25(21)33-19-35-27-17-9-5-13-23(27)29(31(35)37)30-24-14-6-10-18-28(24)36(32(30)38)20-34-26-16-8-4-12-22(26)2/h3-18,33-34H,19-20H2,1-2H3/b30-29+. The van der Waals surface area contributed by atoms with Crippen molar-refractivity contribution in [2.45, 2.75) is 13.8 Å². The average Bonchev–Trinajstić information content (AvgIpc) is 3.36. The molecule has 0 aliphatic carbocycles. The molecule has 6 heteroatoms. The van der Waals surface area contributed by atoms with E-state index in [1.807, 2.05) is 111 Å². The quantitative estimate of drug-likeness (QED) is 0.317. The Morgan fingerprint density at radius 1 is 0.526 bits per heavy atom. The number of anilines is 4. The normalized spacial score (nSPS) is 16.1. The Morgan fingerprint density at radius 3 is 1.32 bits per heavy atom. The van der Waals surface area contributed by atoms with Crippen molar-refractivity contribution < 1.29 is 9.59 Å². The van der Waals surface area contributed by atoms with Crippen molar-refractivity contribution in [1.29, 1.82) is 0 Å². The van der Waals surface area contributed by atoms with Gasteiger partial charge in [-0.1, -0.05) is 72.8 Å². The van der Waals surface area contributed by atoms with Crippen molar-refractivity contribution in [3.8, 4) is 0 Å². The van der Waals surface area contributed by atoms with Crippen molar-refractivity contribution in [1.82, 2.24) is 0 Å². The molecule has 0 unspecified atom stereocenters. The second-order valence-corrected chi connectivity index (χ2v) is 9.55. The smallest absolute Gasteiger partial charge is 0.261 e. The molecule has 4 aromatic carbocycles. The number of amides is 2. The van der Waals surface area contributed by atoms with Crippen molar-refractivity contribution in [2.24, 2.45) is 0 Å². The fourth-order valence-electron chi connectivity index (χ4n) is 5.23. The highest BCUT2D eigenvalue weighted by Gasteiger charge is 2.41. The van der Waals surface area contributed by atoms with Gasteiger partial charge in [-0.3, -0.25) is 19.4 Å². The van der Waals surface area contributed by atoms with Gasteiger partial charge >= 0.3 is 0 Å². The summed E-state index contributed by atoms with van der Waals surface area (Å²) in [4.78, 5) is 31.4. The number of para-hydroxylation sites is 4. The predicted octanol–water partition coefficient (Wildman–Crippen LogP) is 6.05. The first-order chi connectivity index (χ1) is 18.5. The lowest BCUT2D eigenvalue weighted by atomic mass is 9.96. The molecular weight excluding hydrogens is 472 g/mol. The van der Waals surface area contributed by atoms with Gasteiger partial charge in [-0.05, 0) is 49.2 Å². The lowest BCUT2D eigenvalue weighted by molar-refractivity contribution is -0.114. The molecule has 2 amide bonds. The summed E-state index contributed by atoms with van der Waals surface area (Å²) in [7, 11) is 0. The fraction of sp³-hybridized carbons (Fsp3) is 0.125. The monoisotopic (exact) mass is 500 g/mol. The number of rotatable bonds is 6. The zero-order valence-corrected chi connectivity index (χ0v) is 21.4. The van der Waals surface area contributed by atoms with Crippen molar-refractivity contribution in [3.63, 3.8) is 0 Å². The Hall–Kier alpha value is -4.84. The van der Waals surface area contributed by atoms with Gasteiger partial charge in [0, 0.05) is 22.5 Å². The van der Waals surface area contributed by atoms with Crippen LogP contribution in [0.15, 0.2) is 97.1 Å². The lowest BCUT2D eigenvalue weighted by Crippen LogP contribution is -2.34. The van der Waals surface area contributed by atoms with E-state index >= 15 is 0 Å². The Balaban J connectivity index is 1.38. The highest BCUT2D eigenvalue weighted by molar-refractivity contribution is 6.49. The van der Waals surface area contributed by atoms with Crippen molar-refractivity contribution >= 4 is 45.7 Å². The minimum atomic E-state index is -0.181. The van der Waals surface area contributed by atoms with Crippen LogP contribution in [0.4, 0.5) is 22.7 Å². The Labute approximate surface area is 222 Å². The van der Waals surface area contributed by atoms with Gasteiger partial charge in [-0.25, -0.2) is 0 Å². The first kappa shape index (κ1) is 23.6. The van der Waals surface area contributed by atoms with Crippen LogP contribution in [0.5, 0.6) is 0 Å². The molecule has 6 nitrogen and oxygen atoms in total. The van der Waals surface area contributed by atoms with E-state index in [9.17, 15) is 9.59 Å². The summed E-state index contributed by atoms with van der Waals surface area (Å²) in [5, 5.41) is 6.79.